The fraction of sp³-hybridized carbons (Fsp3) is 0.308. The molecule has 2 aliphatic rings. The van der Waals surface area contributed by atoms with Gasteiger partial charge in [0.15, 0.2) is 6.04 Å². The Kier molecular flexibility index (Phi) is 2.52. The minimum Gasteiger partial charge on any atom is -0.218 e. The molecule has 1 aromatic heterocycles. The van der Waals surface area contributed by atoms with Gasteiger partial charge in [-0.2, -0.15) is 0 Å². The SMILES string of the molecule is Cc1ccsc1C1=[N+](C)C2C=CC=CC2S1. The lowest BCUT2D eigenvalue weighted by Gasteiger charge is -2.09. The molecule has 0 fully saturated rings. The summed E-state index contributed by atoms with van der Waals surface area (Å²) in [5.74, 6) is 0. The van der Waals surface area contributed by atoms with E-state index in [1.54, 1.807) is 0 Å². The van der Waals surface area contributed by atoms with E-state index >= 15 is 0 Å². The Balaban J connectivity index is 2.04. The van der Waals surface area contributed by atoms with Crippen molar-refractivity contribution in [2.75, 3.05) is 7.05 Å². The summed E-state index contributed by atoms with van der Waals surface area (Å²) >= 11 is 3.84. The van der Waals surface area contributed by atoms with E-state index in [0.29, 0.717) is 11.3 Å². The molecule has 1 aliphatic heterocycles. The van der Waals surface area contributed by atoms with Crippen LogP contribution in [0.3, 0.4) is 0 Å². The number of fused-ring (bicyclic) bond motifs is 1. The Labute approximate surface area is 104 Å². The lowest BCUT2D eigenvalue weighted by atomic mass is 10.1. The highest BCUT2D eigenvalue weighted by Gasteiger charge is 2.39. The van der Waals surface area contributed by atoms with Gasteiger partial charge in [-0.25, -0.2) is 4.58 Å². The van der Waals surface area contributed by atoms with Crippen LogP contribution in [0.15, 0.2) is 35.8 Å². The maximum Gasteiger partial charge on any atom is 0.253 e. The third kappa shape index (κ3) is 1.50. The molecule has 1 nitrogen and oxygen atoms in total. The van der Waals surface area contributed by atoms with Crippen LogP contribution in [0, 0.1) is 6.92 Å². The third-order valence-electron chi connectivity index (χ3n) is 3.13. The normalized spacial score (nSPS) is 27.6. The Morgan fingerprint density at radius 2 is 2.06 bits per heavy atom. The first-order valence-corrected chi connectivity index (χ1v) is 7.19. The van der Waals surface area contributed by atoms with Crippen molar-refractivity contribution in [2.24, 2.45) is 0 Å². The summed E-state index contributed by atoms with van der Waals surface area (Å²) in [6, 6.07) is 2.74. The minimum atomic E-state index is 0.534. The third-order valence-corrected chi connectivity index (χ3v) is 5.70. The van der Waals surface area contributed by atoms with Crippen molar-refractivity contribution >= 4 is 28.1 Å². The molecule has 3 heteroatoms. The highest BCUT2D eigenvalue weighted by Crippen LogP contribution is 2.35. The van der Waals surface area contributed by atoms with Gasteiger partial charge in [0.2, 0.25) is 0 Å². The van der Waals surface area contributed by atoms with Crippen LogP contribution in [0.1, 0.15) is 10.4 Å². The molecule has 0 aromatic carbocycles. The van der Waals surface area contributed by atoms with E-state index in [1.807, 2.05) is 23.1 Å². The van der Waals surface area contributed by atoms with Crippen molar-refractivity contribution in [2.45, 2.75) is 18.2 Å². The van der Waals surface area contributed by atoms with Gasteiger partial charge in [-0.1, -0.05) is 18.2 Å². The van der Waals surface area contributed by atoms with Gasteiger partial charge < -0.3 is 0 Å². The smallest absolute Gasteiger partial charge is 0.218 e. The number of aryl methyl sites for hydroxylation is 1. The van der Waals surface area contributed by atoms with Crippen LogP contribution in [0.4, 0.5) is 0 Å². The van der Waals surface area contributed by atoms with Gasteiger partial charge >= 0.3 is 0 Å². The fourth-order valence-electron chi connectivity index (χ4n) is 2.19. The van der Waals surface area contributed by atoms with Gasteiger partial charge in [-0.05, 0) is 41.8 Å². The first kappa shape index (κ1) is 10.4. The molecule has 16 heavy (non-hydrogen) atoms. The van der Waals surface area contributed by atoms with Crippen molar-refractivity contribution in [3.63, 3.8) is 0 Å². The van der Waals surface area contributed by atoms with Crippen LogP contribution in [0.2, 0.25) is 0 Å². The number of rotatable bonds is 1. The zero-order valence-corrected chi connectivity index (χ0v) is 11.0. The molecule has 0 spiro atoms. The van der Waals surface area contributed by atoms with Crippen LogP contribution < -0.4 is 0 Å². The van der Waals surface area contributed by atoms with E-state index in [4.69, 9.17) is 0 Å². The van der Waals surface area contributed by atoms with E-state index in [9.17, 15) is 0 Å². The highest BCUT2D eigenvalue weighted by molar-refractivity contribution is 8.15. The summed E-state index contributed by atoms with van der Waals surface area (Å²) in [6.07, 6.45) is 8.92. The predicted octanol–water partition coefficient (Wildman–Crippen LogP) is 3.06. The van der Waals surface area contributed by atoms with E-state index in [2.05, 4.69) is 54.3 Å². The Hall–Kier alpha value is -0.800. The Bertz CT molecular complexity index is 508. The molecule has 0 N–H and O–H groups in total. The number of hydrogen-bond donors (Lipinski definition) is 0. The number of hydrogen-bond acceptors (Lipinski definition) is 2. The van der Waals surface area contributed by atoms with Gasteiger partial charge in [0, 0.05) is 0 Å². The standard InChI is InChI=1S/C13H14NS2/c1-9-7-8-15-12(9)13-14(2)10-5-3-4-6-11(10)16-13/h3-8,10-11H,1-2H3/q+1. The van der Waals surface area contributed by atoms with Crippen molar-refractivity contribution < 1.29 is 4.58 Å². The summed E-state index contributed by atoms with van der Waals surface area (Å²) in [4.78, 5) is 1.43. The number of thioether (sulfide) groups is 1. The molecule has 1 aliphatic carbocycles. The molecule has 2 heterocycles. The second-order valence-electron chi connectivity index (χ2n) is 4.19. The second-order valence-corrected chi connectivity index (χ2v) is 6.27. The summed E-state index contributed by atoms with van der Waals surface area (Å²) in [6.45, 7) is 2.20. The van der Waals surface area contributed by atoms with Crippen LogP contribution in [-0.2, 0) is 0 Å². The lowest BCUT2D eigenvalue weighted by Crippen LogP contribution is -2.26. The van der Waals surface area contributed by atoms with E-state index in [-0.39, 0.29) is 0 Å². The van der Waals surface area contributed by atoms with E-state index in [0.717, 1.165) is 0 Å². The fourth-order valence-corrected chi connectivity index (χ4v) is 4.78. The summed E-state index contributed by atoms with van der Waals surface area (Å²) < 4.78 is 2.41. The van der Waals surface area contributed by atoms with Gasteiger partial charge in [-0.3, -0.25) is 0 Å². The highest BCUT2D eigenvalue weighted by atomic mass is 32.2. The zero-order valence-electron chi connectivity index (χ0n) is 9.38. The van der Waals surface area contributed by atoms with Gasteiger partial charge in [0.1, 0.15) is 11.9 Å². The molecule has 1 aromatic rings. The van der Waals surface area contributed by atoms with Crippen molar-refractivity contribution in [3.8, 4) is 0 Å². The average Bonchev–Trinajstić information content (AvgIpc) is 2.84. The van der Waals surface area contributed by atoms with Crippen molar-refractivity contribution in [1.29, 1.82) is 0 Å². The van der Waals surface area contributed by atoms with Gasteiger partial charge in [-0.15, -0.1) is 11.3 Å². The Morgan fingerprint density at radius 1 is 1.25 bits per heavy atom. The van der Waals surface area contributed by atoms with E-state index in [1.165, 1.54) is 15.5 Å². The van der Waals surface area contributed by atoms with Crippen molar-refractivity contribution in [3.05, 3.63) is 46.2 Å². The number of thiophene rings is 1. The first-order chi connectivity index (χ1) is 7.77. The molecular weight excluding hydrogens is 234 g/mol. The maximum atomic E-state index is 2.41. The lowest BCUT2D eigenvalue weighted by molar-refractivity contribution is -0.517. The second kappa shape index (κ2) is 3.90. The largest absolute Gasteiger partial charge is 0.253 e. The van der Waals surface area contributed by atoms with E-state index < -0.39 is 0 Å². The average molecular weight is 248 g/mol. The molecule has 2 unspecified atom stereocenters. The molecule has 82 valence electrons. The summed E-state index contributed by atoms with van der Waals surface area (Å²) in [7, 11) is 2.20. The monoisotopic (exact) mass is 248 g/mol. The van der Waals surface area contributed by atoms with Crippen LogP contribution in [-0.4, -0.2) is 28.0 Å². The molecule has 0 radical (unpaired) electrons. The maximum absolute atomic E-state index is 2.41. The number of allylic oxidation sites excluding steroid dienone is 2. The number of likely N-dealkylation sites (N-methyl/N-ethyl adjacent to an activating group) is 1. The quantitative estimate of drug-likeness (QED) is 0.690. The zero-order chi connectivity index (χ0) is 11.1. The van der Waals surface area contributed by atoms with Crippen LogP contribution in [0.5, 0.6) is 0 Å². The summed E-state index contributed by atoms with van der Waals surface area (Å²) in [5.41, 5.74) is 1.39. The Morgan fingerprint density at radius 3 is 2.75 bits per heavy atom. The molecular formula is C13H14NS2+. The van der Waals surface area contributed by atoms with Gasteiger partial charge in [0.05, 0.1) is 5.25 Å². The van der Waals surface area contributed by atoms with Crippen molar-refractivity contribution in [1.82, 2.24) is 0 Å². The molecule has 0 amide bonds. The van der Waals surface area contributed by atoms with Crippen LogP contribution in [0.25, 0.3) is 0 Å². The molecule has 0 saturated heterocycles. The molecule has 0 saturated carbocycles. The topological polar surface area (TPSA) is 3.01 Å². The summed E-state index contributed by atoms with van der Waals surface area (Å²) in [5, 5.41) is 4.20. The molecule has 3 rings (SSSR count). The van der Waals surface area contributed by atoms with Gasteiger partial charge in [0.25, 0.3) is 5.04 Å². The minimum absolute atomic E-state index is 0.534. The van der Waals surface area contributed by atoms with Crippen LogP contribution >= 0.6 is 23.1 Å². The molecule has 2 atom stereocenters. The number of nitrogens with zero attached hydrogens (tertiary/aromatic N) is 1. The molecule has 0 bridgehead atoms. The first-order valence-electron chi connectivity index (χ1n) is 5.43. The predicted molar refractivity (Wildman–Crippen MR) is 72.8 cm³/mol.